The molecule has 0 spiro atoms. The van der Waals surface area contributed by atoms with Gasteiger partial charge in [-0.3, -0.25) is 0 Å². The van der Waals surface area contributed by atoms with E-state index in [1.165, 1.54) is 0 Å². The lowest BCUT2D eigenvalue weighted by molar-refractivity contribution is 0.603. The molecule has 0 fully saturated rings. The average Bonchev–Trinajstić information content (AvgIpc) is 2.09. The molecule has 1 rings (SSSR count). The summed E-state index contributed by atoms with van der Waals surface area (Å²) in [6, 6.07) is 3.53. The van der Waals surface area contributed by atoms with Gasteiger partial charge in [-0.15, -0.1) is 11.6 Å². The van der Waals surface area contributed by atoms with Gasteiger partial charge in [0, 0.05) is 5.88 Å². The Balaban J connectivity index is 3.25. The van der Waals surface area contributed by atoms with Crippen LogP contribution in [0.25, 0.3) is 0 Å². The number of benzene rings is 1. The summed E-state index contributed by atoms with van der Waals surface area (Å²) < 4.78 is 13.9. The zero-order valence-corrected chi connectivity index (χ0v) is 9.04. The molecule has 1 aromatic carbocycles. The Bertz CT molecular complexity index is 286. The topological polar surface area (TPSA) is 0 Å². The van der Waals surface area contributed by atoms with Gasteiger partial charge >= 0.3 is 0 Å². The summed E-state index contributed by atoms with van der Waals surface area (Å²) in [6.07, 6.45) is 0.674. The lowest BCUT2D eigenvalue weighted by Gasteiger charge is -2.06. The van der Waals surface area contributed by atoms with Crippen molar-refractivity contribution in [3.63, 3.8) is 0 Å². The lowest BCUT2D eigenvalue weighted by atomic mass is 10.1. The first kappa shape index (κ1) is 10.0. The van der Waals surface area contributed by atoms with Gasteiger partial charge in [-0.25, -0.2) is 4.39 Å². The largest absolute Gasteiger partial charge is 0.205 e. The molecule has 66 valence electrons. The summed E-state index contributed by atoms with van der Waals surface area (Å²) >= 11 is 8.79. The molecule has 0 unspecified atom stereocenters. The van der Waals surface area contributed by atoms with Crippen LogP contribution in [0.4, 0.5) is 4.39 Å². The second-order valence-electron chi connectivity index (χ2n) is 2.49. The summed E-state index contributed by atoms with van der Waals surface area (Å²) in [5, 5.41) is 0. The minimum absolute atomic E-state index is 0.185. The van der Waals surface area contributed by atoms with Gasteiger partial charge in [0.25, 0.3) is 0 Å². The van der Waals surface area contributed by atoms with Crippen molar-refractivity contribution >= 4 is 27.5 Å². The van der Waals surface area contributed by atoms with Crippen LogP contribution in [0, 0.1) is 5.82 Å². The molecule has 0 aliphatic carbocycles. The van der Waals surface area contributed by atoms with Crippen LogP contribution in [-0.4, -0.2) is 0 Å². The summed E-state index contributed by atoms with van der Waals surface area (Å²) in [4.78, 5) is 0. The number of halogens is 3. The molecule has 1 aromatic rings. The molecular weight excluding hydrogens is 242 g/mol. The molecule has 0 heterocycles. The molecule has 0 amide bonds. The predicted molar refractivity (Wildman–Crippen MR) is 53.0 cm³/mol. The Morgan fingerprint density at radius 1 is 1.50 bits per heavy atom. The van der Waals surface area contributed by atoms with E-state index in [4.69, 9.17) is 11.6 Å². The standard InChI is InChI=1S/C9H9BrClF/c1-2-7-6(5-11)3-4-8(10)9(7)12/h3-4H,2,5H2,1H3. The Labute approximate surface area is 84.9 Å². The van der Waals surface area contributed by atoms with E-state index in [1.807, 2.05) is 13.0 Å². The van der Waals surface area contributed by atoms with Crippen LogP contribution in [0.2, 0.25) is 0 Å². The first-order valence-corrected chi connectivity index (χ1v) is 5.05. The van der Waals surface area contributed by atoms with Crippen LogP contribution < -0.4 is 0 Å². The molecule has 0 aliphatic rings. The second kappa shape index (κ2) is 4.24. The van der Waals surface area contributed by atoms with E-state index in [2.05, 4.69) is 15.9 Å². The molecule has 3 heteroatoms. The first-order chi connectivity index (χ1) is 5.70. The number of alkyl halides is 1. The zero-order chi connectivity index (χ0) is 9.14. The van der Waals surface area contributed by atoms with Gasteiger partial charge in [-0.05, 0) is 39.5 Å². The van der Waals surface area contributed by atoms with Gasteiger partial charge in [0.2, 0.25) is 0 Å². The normalized spacial score (nSPS) is 10.3. The molecule has 0 saturated carbocycles. The number of hydrogen-bond donors (Lipinski definition) is 0. The highest BCUT2D eigenvalue weighted by Gasteiger charge is 2.08. The quantitative estimate of drug-likeness (QED) is 0.700. The molecule has 0 aromatic heterocycles. The maximum atomic E-state index is 13.3. The number of rotatable bonds is 2. The van der Waals surface area contributed by atoms with Crippen molar-refractivity contribution in [2.24, 2.45) is 0 Å². The highest BCUT2D eigenvalue weighted by molar-refractivity contribution is 9.10. The van der Waals surface area contributed by atoms with Crippen molar-refractivity contribution < 1.29 is 4.39 Å². The Morgan fingerprint density at radius 3 is 2.67 bits per heavy atom. The Kier molecular flexibility index (Phi) is 3.53. The van der Waals surface area contributed by atoms with Gasteiger partial charge in [-0.1, -0.05) is 13.0 Å². The summed E-state index contributed by atoms with van der Waals surface area (Å²) in [5.74, 6) is 0.184. The molecule has 0 nitrogen and oxygen atoms in total. The van der Waals surface area contributed by atoms with E-state index >= 15 is 0 Å². The van der Waals surface area contributed by atoms with Crippen molar-refractivity contribution in [1.82, 2.24) is 0 Å². The first-order valence-electron chi connectivity index (χ1n) is 3.72. The summed E-state index contributed by atoms with van der Waals surface area (Å²) in [5.41, 5.74) is 1.58. The molecule has 12 heavy (non-hydrogen) atoms. The van der Waals surface area contributed by atoms with E-state index in [0.717, 1.165) is 5.56 Å². The molecule has 0 N–H and O–H groups in total. The van der Waals surface area contributed by atoms with Gasteiger partial charge in [0.05, 0.1) is 4.47 Å². The van der Waals surface area contributed by atoms with Crippen molar-refractivity contribution in [2.75, 3.05) is 0 Å². The minimum atomic E-state index is -0.185. The van der Waals surface area contributed by atoms with Crippen LogP contribution in [-0.2, 0) is 12.3 Å². The highest BCUT2D eigenvalue weighted by Crippen LogP contribution is 2.23. The SMILES string of the molecule is CCc1c(CCl)ccc(Br)c1F. The van der Waals surface area contributed by atoms with E-state index in [0.29, 0.717) is 22.3 Å². The van der Waals surface area contributed by atoms with E-state index in [1.54, 1.807) is 6.07 Å². The fourth-order valence-electron chi connectivity index (χ4n) is 1.14. The van der Waals surface area contributed by atoms with Crippen molar-refractivity contribution in [3.8, 4) is 0 Å². The van der Waals surface area contributed by atoms with Gasteiger partial charge in [-0.2, -0.15) is 0 Å². The fourth-order valence-corrected chi connectivity index (χ4v) is 1.76. The van der Waals surface area contributed by atoms with Crippen LogP contribution in [0.1, 0.15) is 18.1 Å². The maximum absolute atomic E-state index is 13.3. The monoisotopic (exact) mass is 250 g/mol. The van der Waals surface area contributed by atoms with Gasteiger partial charge < -0.3 is 0 Å². The fraction of sp³-hybridized carbons (Fsp3) is 0.333. The van der Waals surface area contributed by atoms with Crippen molar-refractivity contribution in [2.45, 2.75) is 19.2 Å². The molecule has 0 saturated heterocycles. The third-order valence-electron chi connectivity index (χ3n) is 1.79. The number of hydrogen-bond acceptors (Lipinski definition) is 0. The van der Waals surface area contributed by atoms with Crippen molar-refractivity contribution in [3.05, 3.63) is 33.5 Å². The van der Waals surface area contributed by atoms with E-state index < -0.39 is 0 Å². The summed E-state index contributed by atoms with van der Waals surface area (Å²) in [6.45, 7) is 1.92. The van der Waals surface area contributed by atoms with Gasteiger partial charge in [0.1, 0.15) is 5.82 Å². The van der Waals surface area contributed by atoms with Crippen LogP contribution in [0.15, 0.2) is 16.6 Å². The smallest absolute Gasteiger partial charge is 0.140 e. The molecule has 0 atom stereocenters. The highest BCUT2D eigenvalue weighted by atomic mass is 79.9. The van der Waals surface area contributed by atoms with Gasteiger partial charge in [0.15, 0.2) is 0 Å². The van der Waals surface area contributed by atoms with Crippen LogP contribution in [0.3, 0.4) is 0 Å². The Hall–Kier alpha value is -0.0800. The van der Waals surface area contributed by atoms with E-state index in [-0.39, 0.29) is 5.82 Å². The second-order valence-corrected chi connectivity index (χ2v) is 3.61. The average molecular weight is 252 g/mol. The molecular formula is C9H9BrClF. The van der Waals surface area contributed by atoms with E-state index in [9.17, 15) is 4.39 Å². The molecule has 0 aliphatic heterocycles. The third kappa shape index (κ3) is 1.80. The third-order valence-corrected chi connectivity index (χ3v) is 2.69. The van der Waals surface area contributed by atoms with Crippen LogP contribution in [0.5, 0.6) is 0 Å². The molecule has 0 radical (unpaired) electrons. The Morgan fingerprint density at radius 2 is 2.17 bits per heavy atom. The van der Waals surface area contributed by atoms with Crippen LogP contribution >= 0.6 is 27.5 Å². The summed E-state index contributed by atoms with van der Waals surface area (Å²) in [7, 11) is 0. The minimum Gasteiger partial charge on any atom is -0.205 e. The molecule has 0 bridgehead atoms. The van der Waals surface area contributed by atoms with Crippen molar-refractivity contribution in [1.29, 1.82) is 0 Å². The lowest BCUT2D eigenvalue weighted by Crippen LogP contribution is -1.95. The zero-order valence-electron chi connectivity index (χ0n) is 6.70. The maximum Gasteiger partial charge on any atom is 0.140 e. The predicted octanol–water partition coefficient (Wildman–Crippen LogP) is 3.89.